The van der Waals surface area contributed by atoms with Crippen LogP contribution in [0.15, 0.2) is 50.4 Å². The molecule has 0 bridgehead atoms. The molecule has 0 aliphatic carbocycles. The molecule has 1 fully saturated rings. The van der Waals surface area contributed by atoms with Gasteiger partial charge in [0.2, 0.25) is 5.91 Å². The number of phenolic OH excluding ortho intramolecular Hbond substituents is 1. The fourth-order valence-corrected chi connectivity index (χ4v) is 3.95. The third kappa shape index (κ3) is 4.97. The van der Waals surface area contributed by atoms with E-state index in [0.29, 0.717) is 27.5 Å². The quantitative estimate of drug-likeness (QED) is 0.447. The normalized spacial score (nSPS) is 16.4. The predicted molar refractivity (Wildman–Crippen MR) is 116 cm³/mol. The molecule has 0 unspecified atom stereocenters. The van der Waals surface area contributed by atoms with Crippen molar-refractivity contribution in [2.75, 3.05) is 20.2 Å². The van der Waals surface area contributed by atoms with Gasteiger partial charge in [-0.25, -0.2) is 5.43 Å². The second kappa shape index (κ2) is 9.41. The Kier molecular flexibility index (Phi) is 6.92. The van der Waals surface area contributed by atoms with E-state index >= 15 is 0 Å². The van der Waals surface area contributed by atoms with E-state index in [9.17, 15) is 14.7 Å². The summed E-state index contributed by atoms with van der Waals surface area (Å²) in [7, 11) is 1.44. The maximum atomic E-state index is 12.2. The lowest BCUT2D eigenvalue weighted by molar-refractivity contribution is -0.133. The monoisotopic (exact) mass is 523 g/mol. The van der Waals surface area contributed by atoms with Crippen LogP contribution in [0, 0.1) is 0 Å². The van der Waals surface area contributed by atoms with Crippen LogP contribution in [0.4, 0.5) is 0 Å². The second-order valence-corrected chi connectivity index (χ2v) is 8.11. The number of hydrazone groups is 1. The number of aromatic hydroxyl groups is 1. The lowest BCUT2D eigenvalue weighted by Gasteiger charge is -2.15. The molecule has 1 aliphatic rings. The number of nitrogens with one attached hydrogen (secondary N) is 1. The average molecular weight is 525 g/mol. The molecule has 0 aromatic heterocycles. The van der Waals surface area contributed by atoms with Crippen molar-refractivity contribution in [3.8, 4) is 11.5 Å². The van der Waals surface area contributed by atoms with Crippen LogP contribution in [-0.4, -0.2) is 48.2 Å². The summed E-state index contributed by atoms with van der Waals surface area (Å²) < 4.78 is 6.08. The van der Waals surface area contributed by atoms with Gasteiger partial charge in [-0.1, -0.05) is 30.3 Å². The van der Waals surface area contributed by atoms with Crippen molar-refractivity contribution >= 4 is 49.9 Å². The highest BCUT2D eigenvalue weighted by molar-refractivity contribution is 9.13. The van der Waals surface area contributed by atoms with Gasteiger partial charge in [-0.15, -0.1) is 0 Å². The molecule has 152 valence electrons. The Morgan fingerprint density at radius 2 is 2.07 bits per heavy atom. The van der Waals surface area contributed by atoms with Gasteiger partial charge in [-0.3, -0.25) is 9.59 Å². The summed E-state index contributed by atoms with van der Waals surface area (Å²) >= 11 is 6.61. The summed E-state index contributed by atoms with van der Waals surface area (Å²) in [4.78, 5) is 26.0. The molecule has 0 spiro atoms. The zero-order chi connectivity index (χ0) is 21.0. The van der Waals surface area contributed by atoms with E-state index in [1.54, 1.807) is 11.0 Å². The van der Waals surface area contributed by atoms with Crippen molar-refractivity contribution in [3.05, 3.63) is 56.5 Å². The maximum absolute atomic E-state index is 12.2. The number of ether oxygens (including phenoxy) is 1. The molecule has 29 heavy (non-hydrogen) atoms. The van der Waals surface area contributed by atoms with E-state index in [4.69, 9.17) is 4.74 Å². The lowest BCUT2D eigenvalue weighted by Crippen LogP contribution is -2.36. The third-order valence-corrected chi connectivity index (χ3v) is 6.77. The number of carbonyl (C=O) groups is 2. The van der Waals surface area contributed by atoms with E-state index in [0.717, 1.165) is 5.56 Å². The minimum Gasteiger partial charge on any atom is -0.503 e. The Morgan fingerprint density at radius 1 is 1.34 bits per heavy atom. The molecule has 1 atom stereocenters. The number of nitrogens with zero attached hydrogens (tertiary/aromatic N) is 2. The molecular weight excluding hydrogens is 506 g/mol. The zero-order valence-electron chi connectivity index (χ0n) is 15.6. The van der Waals surface area contributed by atoms with E-state index in [2.05, 4.69) is 42.4 Å². The molecule has 3 rings (SSSR count). The number of methoxy groups -OCH3 is 1. The number of rotatable bonds is 6. The minimum atomic E-state index is -0.385. The summed E-state index contributed by atoms with van der Waals surface area (Å²) in [6.45, 7) is 0.455. The minimum absolute atomic E-state index is 0.0407. The third-order valence-electron chi connectivity index (χ3n) is 4.61. The molecule has 1 aliphatic heterocycles. The van der Waals surface area contributed by atoms with Gasteiger partial charge in [-0.2, -0.15) is 5.10 Å². The molecule has 2 amide bonds. The number of hydrogen-bond acceptors (Lipinski definition) is 5. The van der Waals surface area contributed by atoms with Gasteiger partial charge in [0.25, 0.3) is 5.91 Å². The van der Waals surface area contributed by atoms with Crippen LogP contribution < -0.4 is 10.2 Å². The van der Waals surface area contributed by atoms with E-state index < -0.39 is 0 Å². The van der Waals surface area contributed by atoms with Gasteiger partial charge in [0.1, 0.15) is 6.54 Å². The molecule has 9 heteroatoms. The van der Waals surface area contributed by atoms with Crippen LogP contribution in [0.5, 0.6) is 11.5 Å². The molecule has 0 saturated carbocycles. The predicted octanol–water partition coefficient (Wildman–Crippen LogP) is 3.39. The number of carbonyl (C=O) groups excluding carboxylic acids is 2. The van der Waals surface area contributed by atoms with Crippen LogP contribution in [0.3, 0.4) is 0 Å². The highest BCUT2D eigenvalue weighted by atomic mass is 79.9. The van der Waals surface area contributed by atoms with E-state index in [1.165, 1.54) is 13.3 Å². The average Bonchev–Trinajstić information content (AvgIpc) is 3.09. The first-order chi connectivity index (χ1) is 13.9. The van der Waals surface area contributed by atoms with Crippen molar-refractivity contribution < 1.29 is 19.4 Å². The standard InChI is InChI=1S/C20H19Br2N3O4/c1-29-15-7-13(18(21)19(22)20(15)28)9-23-24-16(26)11-25-10-14(8-17(25)27)12-5-3-2-4-6-12/h2-7,9,14,28H,8,10-11H2,1H3,(H,24,26)/b23-9-/t14-/m0/s1. The fourth-order valence-electron chi connectivity index (χ4n) is 3.12. The van der Waals surface area contributed by atoms with Crippen LogP contribution >= 0.6 is 31.9 Å². The molecule has 2 aromatic carbocycles. The number of likely N-dealkylation sites (tertiary alicyclic amines) is 1. The first kappa shape index (κ1) is 21.3. The Morgan fingerprint density at radius 3 is 2.76 bits per heavy atom. The van der Waals surface area contributed by atoms with Gasteiger partial charge in [-0.05, 0) is 43.5 Å². The molecule has 0 radical (unpaired) electrons. The van der Waals surface area contributed by atoms with Gasteiger partial charge in [0, 0.05) is 28.9 Å². The van der Waals surface area contributed by atoms with Crippen molar-refractivity contribution in [3.63, 3.8) is 0 Å². The summed E-state index contributed by atoms with van der Waals surface area (Å²) in [5.74, 6) is -0.113. The first-order valence-corrected chi connectivity index (χ1v) is 10.4. The zero-order valence-corrected chi connectivity index (χ0v) is 18.7. The Bertz CT molecular complexity index is 950. The molecule has 2 N–H and O–H groups in total. The largest absolute Gasteiger partial charge is 0.503 e. The van der Waals surface area contributed by atoms with Gasteiger partial charge < -0.3 is 14.7 Å². The van der Waals surface area contributed by atoms with Crippen molar-refractivity contribution in [1.29, 1.82) is 0 Å². The maximum Gasteiger partial charge on any atom is 0.259 e. The van der Waals surface area contributed by atoms with Gasteiger partial charge in [0.05, 0.1) is 17.8 Å². The van der Waals surface area contributed by atoms with Gasteiger partial charge >= 0.3 is 0 Å². The van der Waals surface area contributed by atoms with Crippen LogP contribution in [0.1, 0.15) is 23.5 Å². The Hall–Kier alpha value is -2.39. The van der Waals surface area contributed by atoms with Crippen LogP contribution in [-0.2, 0) is 9.59 Å². The highest BCUT2D eigenvalue weighted by Crippen LogP contribution is 2.41. The van der Waals surface area contributed by atoms with Crippen molar-refractivity contribution in [2.24, 2.45) is 5.10 Å². The number of halogens is 2. The number of hydrogen-bond donors (Lipinski definition) is 2. The number of phenols is 1. The van der Waals surface area contributed by atoms with E-state index in [1.807, 2.05) is 30.3 Å². The van der Waals surface area contributed by atoms with Gasteiger partial charge in [0.15, 0.2) is 11.5 Å². The molecule has 1 heterocycles. The Balaban J connectivity index is 1.59. The van der Waals surface area contributed by atoms with Crippen LogP contribution in [0.2, 0.25) is 0 Å². The first-order valence-electron chi connectivity index (χ1n) is 8.80. The molecule has 7 nitrogen and oxygen atoms in total. The summed E-state index contributed by atoms with van der Waals surface area (Å²) in [6.07, 6.45) is 1.82. The summed E-state index contributed by atoms with van der Waals surface area (Å²) in [5, 5.41) is 13.9. The SMILES string of the molecule is COc1cc(/C=N\NC(=O)CN2C[C@@H](c3ccccc3)CC2=O)c(Br)c(Br)c1O. The molecule has 2 aromatic rings. The molecular formula is C20H19Br2N3O4. The smallest absolute Gasteiger partial charge is 0.259 e. The number of benzene rings is 2. The lowest BCUT2D eigenvalue weighted by atomic mass is 9.99. The second-order valence-electron chi connectivity index (χ2n) is 6.52. The van der Waals surface area contributed by atoms with Crippen LogP contribution in [0.25, 0.3) is 0 Å². The number of amides is 2. The highest BCUT2D eigenvalue weighted by Gasteiger charge is 2.31. The molecule has 1 saturated heterocycles. The summed E-state index contributed by atoms with van der Waals surface area (Å²) in [6, 6.07) is 11.4. The fraction of sp³-hybridized carbons (Fsp3) is 0.250. The Labute approximate surface area is 185 Å². The van der Waals surface area contributed by atoms with Crippen molar-refractivity contribution in [2.45, 2.75) is 12.3 Å². The van der Waals surface area contributed by atoms with Crippen molar-refractivity contribution in [1.82, 2.24) is 10.3 Å². The summed E-state index contributed by atoms with van der Waals surface area (Å²) in [5.41, 5.74) is 4.12. The van der Waals surface area contributed by atoms with E-state index in [-0.39, 0.29) is 35.8 Å². The topological polar surface area (TPSA) is 91.2 Å².